The maximum Gasteiger partial charge on any atom is 0.309 e. The Morgan fingerprint density at radius 2 is 2.14 bits per heavy atom. The first-order valence-corrected chi connectivity index (χ1v) is 8.28. The van der Waals surface area contributed by atoms with Crippen LogP contribution in [0.4, 0.5) is 5.82 Å². The molecule has 1 aromatic rings. The van der Waals surface area contributed by atoms with Crippen LogP contribution in [0.5, 0.6) is 0 Å². The third kappa shape index (κ3) is 3.33. The molecule has 1 fully saturated rings. The molecule has 0 bridgehead atoms. The molecule has 0 aliphatic carbocycles. The summed E-state index contributed by atoms with van der Waals surface area (Å²) in [6, 6.07) is 2.98. The Morgan fingerprint density at radius 3 is 2.71 bits per heavy atom. The van der Waals surface area contributed by atoms with Crippen molar-refractivity contribution in [2.24, 2.45) is 5.92 Å². The minimum Gasteiger partial charge on any atom is -0.466 e. The zero-order valence-corrected chi connectivity index (χ0v) is 12.7. The molecule has 1 aromatic heterocycles. The number of nitrogens with two attached hydrogens (primary N) is 1. The van der Waals surface area contributed by atoms with Gasteiger partial charge in [-0.25, -0.2) is 13.4 Å². The fraction of sp³-hybridized carbons (Fsp3) is 0.538. The highest BCUT2D eigenvalue weighted by Crippen LogP contribution is 2.26. The zero-order chi connectivity index (χ0) is 15.5. The van der Waals surface area contributed by atoms with Crippen molar-refractivity contribution in [3.63, 3.8) is 0 Å². The van der Waals surface area contributed by atoms with Gasteiger partial charge < -0.3 is 10.5 Å². The van der Waals surface area contributed by atoms with Crippen LogP contribution in [0.2, 0.25) is 0 Å². The van der Waals surface area contributed by atoms with Crippen molar-refractivity contribution in [3.05, 3.63) is 18.3 Å². The summed E-state index contributed by atoms with van der Waals surface area (Å²) in [7, 11) is -3.66. The minimum atomic E-state index is -3.66. The second-order valence-corrected chi connectivity index (χ2v) is 6.72. The van der Waals surface area contributed by atoms with Gasteiger partial charge in [0.1, 0.15) is 10.7 Å². The fourth-order valence-corrected chi connectivity index (χ4v) is 3.89. The summed E-state index contributed by atoms with van der Waals surface area (Å²) in [5, 5.41) is 0. The number of rotatable bonds is 4. The first-order chi connectivity index (χ1) is 9.96. The van der Waals surface area contributed by atoms with E-state index in [1.165, 1.54) is 22.6 Å². The number of ether oxygens (including phenoxy) is 1. The van der Waals surface area contributed by atoms with E-state index in [1.54, 1.807) is 6.92 Å². The molecular weight excluding hydrogens is 294 g/mol. The smallest absolute Gasteiger partial charge is 0.309 e. The maximum atomic E-state index is 12.5. The lowest BCUT2D eigenvalue weighted by atomic mass is 9.98. The van der Waals surface area contributed by atoms with Crippen molar-refractivity contribution >= 4 is 21.8 Å². The number of piperidine rings is 1. The normalized spacial score (nSPS) is 17.6. The zero-order valence-electron chi connectivity index (χ0n) is 11.9. The number of hydrogen-bond acceptors (Lipinski definition) is 6. The van der Waals surface area contributed by atoms with E-state index in [-0.39, 0.29) is 35.7 Å². The molecule has 2 N–H and O–H groups in total. The molecule has 0 unspecified atom stereocenters. The van der Waals surface area contributed by atoms with Crippen molar-refractivity contribution in [1.29, 1.82) is 0 Å². The Bertz CT molecular complexity index is 610. The molecule has 0 radical (unpaired) electrons. The van der Waals surface area contributed by atoms with E-state index in [2.05, 4.69) is 4.98 Å². The molecule has 2 rings (SSSR count). The average Bonchev–Trinajstić information content (AvgIpc) is 2.48. The van der Waals surface area contributed by atoms with Gasteiger partial charge in [0.05, 0.1) is 12.5 Å². The maximum absolute atomic E-state index is 12.5. The molecule has 8 heteroatoms. The van der Waals surface area contributed by atoms with Crippen molar-refractivity contribution in [2.45, 2.75) is 24.7 Å². The predicted octanol–water partition coefficient (Wildman–Crippen LogP) is 0.628. The topological polar surface area (TPSA) is 103 Å². The largest absolute Gasteiger partial charge is 0.466 e. The highest BCUT2D eigenvalue weighted by Gasteiger charge is 2.33. The molecule has 2 heterocycles. The van der Waals surface area contributed by atoms with E-state index >= 15 is 0 Å². The monoisotopic (exact) mass is 313 g/mol. The summed E-state index contributed by atoms with van der Waals surface area (Å²) in [5.41, 5.74) is 5.64. The van der Waals surface area contributed by atoms with Crippen LogP contribution in [-0.2, 0) is 19.6 Å². The summed E-state index contributed by atoms with van der Waals surface area (Å²) in [6.45, 7) is 2.65. The van der Waals surface area contributed by atoms with Crippen molar-refractivity contribution in [2.75, 3.05) is 25.4 Å². The second kappa shape index (κ2) is 6.40. The van der Waals surface area contributed by atoms with Gasteiger partial charge in [-0.1, -0.05) is 0 Å². The minimum absolute atomic E-state index is 0.00924. The molecule has 0 amide bonds. The predicted molar refractivity (Wildman–Crippen MR) is 76.8 cm³/mol. The van der Waals surface area contributed by atoms with Crippen molar-refractivity contribution < 1.29 is 17.9 Å². The number of anilines is 1. The van der Waals surface area contributed by atoms with Crippen LogP contribution in [0.25, 0.3) is 0 Å². The van der Waals surface area contributed by atoms with E-state index in [0.717, 1.165) is 0 Å². The number of hydrogen-bond donors (Lipinski definition) is 1. The van der Waals surface area contributed by atoms with Crippen LogP contribution in [0.3, 0.4) is 0 Å². The third-order valence-electron chi connectivity index (χ3n) is 3.49. The van der Waals surface area contributed by atoms with Crippen LogP contribution >= 0.6 is 0 Å². The first-order valence-electron chi connectivity index (χ1n) is 6.84. The van der Waals surface area contributed by atoms with Crippen LogP contribution < -0.4 is 5.73 Å². The van der Waals surface area contributed by atoms with E-state index in [9.17, 15) is 13.2 Å². The quantitative estimate of drug-likeness (QED) is 0.818. The average molecular weight is 313 g/mol. The molecule has 0 atom stereocenters. The number of nitrogens with zero attached hydrogens (tertiary/aromatic N) is 2. The SMILES string of the molecule is CCOC(=O)C1CCN(S(=O)(=O)c2cccnc2N)CC1. The Balaban J connectivity index is 2.08. The number of pyridine rings is 1. The lowest BCUT2D eigenvalue weighted by molar-refractivity contribution is -0.149. The number of carbonyl (C=O) groups excluding carboxylic acids is 1. The summed E-state index contributed by atoms with van der Waals surface area (Å²) in [6.07, 6.45) is 2.36. The van der Waals surface area contributed by atoms with Gasteiger partial charge in [-0.2, -0.15) is 4.31 Å². The molecule has 1 aliphatic heterocycles. The molecule has 0 spiro atoms. The Hall–Kier alpha value is -1.67. The lowest BCUT2D eigenvalue weighted by Crippen LogP contribution is -2.40. The lowest BCUT2D eigenvalue weighted by Gasteiger charge is -2.30. The van der Waals surface area contributed by atoms with Gasteiger partial charge in [-0.05, 0) is 31.9 Å². The Kier molecular flexibility index (Phi) is 4.79. The van der Waals surface area contributed by atoms with Gasteiger partial charge in [0, 0.05) is 19.3 Å². The molecule has 0 saturated carbocycles. The molecular formula is C13H19N3O4S. The van der Waals surface area contributed by atoms with E-state index in [1.807, 2.05) is 0 Å². The summed E-state index contributed by atoms with van der Waals surface area (Å²) >= 11 is 0. The van der Waals surface area contributed by atoms with E-state index < -0.39 is 10.0 Å². The van der Waals surface area contributed by atoms with Crippen LogP contribution in [0, 0.1) is 5.92 Å². The fourth-order valence-electron chi connectivity index (χ4n) is 2.35. The van der Waals surface area contributed by atoms with E-state index in [0.29, 0.717) is 19.4 Å². The van der Waals surface area contributed by atoms with Crippen molar-refractivity contribution in [1.82, 2.24) is 9.29 Å². The molecule has 21 heavy (non-hydrogen) atoms. The molecule has 1 aliphatic rings. The van der Waals surface area contributed by atoms with Gasteiger partial charge in [-0.3, -0.25) is 4.79 Å². The summed E-state index contributed by atoms with van der Waals surface area (Å²) in [4.78, 5) is 15.5. The van der Waals surface area contributed by atoms with Gasteiger partial charge in [0.15, 0.2) is 0 Å². The molecule has 1 saturated heterocycles. The highest BCUT2D eigenvalue weighted by molar-refractivity contribution is 7.89. The first kappa shape index (κ1) is 15.7. The Morgan fingerprint density at radius 1 is 1.48 bits per heavy atom. The highest BCUT2D eigenvalue weighted by atomic mass is 32.2. The third-order valence-corrected chi connectivity index (χ3v) is 5.44. The van der Waals surface area contributed by atoms with Crippen LogP contribution in [0.1, 0.15) is 19.8 Å². The number of nitrogen functional groups attached to an aromatic ring is 1. The van der Waals surface area contributed by atoms with Crippen LogP contribution in [0.15, 0.2) is 23.2 Å². The van der Waals surface area contributed by atoms with Crippen LogP contribution in [-0.4, -0.2) is 43.4 Å². The van der Waals surface area contributed by atoms with Gasteiger partial charge in [0.25, 0.3) is 0 Å². The molecule has 116 valence electrons. The summed E-state index contributed by atoms with van der Waals surface area (Å²) in [5.74, 6) is -0.497. The van der Waals surface area contributed by atoms with Gasteiger partial charge in [-0.15, -0.1) is 0 Å². The van der Waals surface area contributed by atoms with E-state index in [4.69, 9.17) is 10.5 Å². The molecule has 7 nitrogen and oxygen atoms in total. The standard InChI is InChI=1S/C13H19N3O4S/c1-2-20-13(17)10-5-8-16(9-6-10)21(18,19)11-4-3-7-15-12(11)14/h3-4,7,10H,2,5-6,8-9H2,1H3,(H2,14,15). The number of aromatic nitrogens is 1. The number of esters is 1. The Labute approximate surface area is 124 Å². The summed E-state index contributed by atoms with van der Waals surface area (Å²) < 4.78 is 31.3. The number of carbonyl (C=O) groups is 1. The van der Waals surface area contributed by atoms with Crippen molar-refractivity contribution in [3.8, 4) is 0 Å². The number of sulfonamides is 1. The molecule has 0 aromatic carbocycles. The van der Waals surface area contributed by atoms with Gasteiger partial charge in [0.2, 0.25) is 10.0 Å². The van der Waals surface area contributed by atoms with Gasteiger partial charge >= 0.3 is 5.97 Å². The second-order valence-electron chi connectivity index (χ2n) is 4.82.